The summed E-state index contributed by atoms with van der Waals surface area (Å²) < 4.78 is 0. The molecule has 1 aliphatic heterocycles. The van der Waals surface area contributed by atoms with E-state index < -0.39 is 0 Å². The number of nitrogens with zero attached hydrogens (tertiary/aromatic N) is 2. The van der Waals surface area contributed by atoms with Crippen molar-refractivity contribution in [1.82, 2.24) is 4.98 Å². The summed E-state index contributed by atoms with van der Waals surface area (Å²) in [5.41, 5.74) is 4.81. The first-order valence-electron chi connectivity index (χ1n) is 7.82. The van der Waals surface area contributed by atoms with Crippen molar-refractivity contribution < 1.29 is 0 Å². The van der Waals surface area contributed by atoms with Crippen LogP contribution in [0.3, 0.4) is 0 Å². The van der Waals surface area contributed by atoms with E-state index in [0.717, 1.165) is 17.9 Å². The maximum atomic E-state index is 4.30. The van der Waals surface area contributed by atoms with E-state index in [2.05, 4.69) is 45.5 Å². The van der Waals surface area contributed by atoms with Crippen LogP contribution in [-0.2, 0) is 6.54 Å². The van der Waals surface area contributed by atoms with Crippen molar-refractivity contribution in [3.63, 3.8) is 0 Å². The van der Waals surface area contributed by atoms with Gasteiger partial charge in [0.1, 0.15) is 0 Å². The summed E-state index contributed by atoms with van der Waals surface area (Å²) in [7, 11) is 0. The van der Waals surface area contributed by atoms with Crippen molar-refractivity contribution in [2.24, 2.45) is 0 Å². The molecule has 0 unspecified atom stereocenters. The van der Waals surface area contributed by atoms with Gasteiger partial charge in [-0.2, -0.15) is 0 Å². The van der Waals surface area contributed by atoms with E-state index >= 15 is 0 Å². The number of rotatable bonds is 4. The van der Waals surface area contributed by atoms with Crippen LogP contribution in [0, 0.1) is 6.92 Å². The summed E-state index contributed by atoms with van der Waals surface area (Å²) in [5, 5.41) is 3.45. The Kier molecular flexibility index (Phi) is 4.39. The Morgan fingerprint density at radius 1 is 1.05 bits per heavy atom. The quantitative estimate of drug-likeness (QED) is 0.918. The minimum atomic E-state index is 0.840. The highest BCUT2D eigenvalue weighted by Gasteiger charge is 2.10. The smallest absolute Gasteiger partial charge is 0.0603 e. The Balaban J connectivity index is 1.60. The van der Waals surface area contributed by atoms with Gasteiger partial charge in [0.2, 0.25) is 0 Å². The molecule has 1 fully saturated rings. The first kappa shape index (κ1) is 13.9. The van der Waals surface area contributed by atoms with Crippen LogP contribution in [0.4, 0.5) is 11.4 Å². The van der Waals surface area contributed by atoms with Crippen molar-refractivity contribution in [3.8, 4) is 0 Å². The summed E-state index contributed by atoms with van der Waals surface area (Å²) in [6, 6.07) is 13.0. The summed E-state index contributed by atoms with van der Waals surface area (Å²) in [5.74, 6) is 0. The third kappa shape index (κ3) is 3.54. The van der Waals surface area contributed by atoms with Gasteiger partial charge >= 0.3 is 0 Å². The standard InChI is InChI=1S/C18H23N3/c1-15-18(6-5-11-19-15)20-14-16-7-9-17(10-8-16)21-12-3-2-4-13-21/h5-11,20H,2-4,12-14H2,1H3. The van der Waals surface area contributed by atoms with Crippen molar-refractivity contribution in [2.75, 3.05) is 23.3 Å². The van der Waals surface area contributed by atoms with Crippen LogP contribution in [0.15, 0.2) is 42.6 Å². The van der Waals surface area contributed by atoms with Crippen LogP contribution in [0.2, 0.25) is 0 Å². The van der Waals surface area contributed by atoms with Gasteiger partial charge in [-0.25, -0.2) is 0 Å². The number of hydrogen-bond donors (Lipinski definition) is 1. The highest BCUT2D eigenvalue weighted by molar-refractivity contribution is 5.50. The molecule has 3 nitrogen and oxygen atoms in total. The first-order chi connectivity index (χ1) is 10.3. The molecule has 2 heterocycles. The van der Waals surface area contributed by atoms with Crippen LogP contribution in [0.25, 0.3) is 0 Å². The summed E-state index contributed by atoms with van der Waals surface area (Å²) in [6.07, 6.45) is 5.85. The zero-order valence-corrected chi connectivity index (χ0v) is 12.7. The number of aryl methyl sites for hydroxylation is 1. The second-order valence-corrected chi connectivity index (χ2v) is 5.70. The lowest BCUT2D eigenvalue weighted by molar-refractivity contribution is 0.578. The van der Waals surface area contributed by atoms with Crippen LogP contribution in [-0.4, -0.2) is 18.1 Å². The molecule has 3 rings (SSSR count). The Bertz CT molecular complexity index is 571. The Morgan fingerprint density at radius 3 is 2.52 bits per heavy atom. The Morgan fingerprint density at radius 2 is 1.81 bits per heavy atom. The van der Waals surface area contributed by atoms with Gasteiger partial charge in [-0.1, -0.05) is 12.1 Å². The lowest BCUT2D eigenvalue weighted by Gasteiger charge is -2.28. The fourth-order valence-corrected chi connectivity index (χ4v) is 2.85. The Labute approximate surface area is 127 Å². The van der Waals surface area contributed by atoms with Gasteiger partial charge in [0.15, 0.2) is 0 Å². The highest BCUT2D eigenvalue weighted by atomic mass is 15.1. The summed E-state index contributed by atoms with van der Waals surface area (Å²) in [4.78, 5) is 6.79. The average Bonchev–Trinajstić information content (AvgIpc) is 2.55. The molecule has 0 bridgehead atoms. The molecule has 0 saturated carbocycles. The van der Waals surface area contributed by atoms with Crippen LogP contribution in [0.5, 0.6) is 0 Å². The monoisotopic (exact) mass is 281 g/mol. The molecular weight excluding hydrogens is 258 g/mol. The van der Waals surface area contributed by atoms with Crippen LogP contribution in [0.1, 0.15) is 30.5 Å². The minimum absolute atomic E-state index is 0.840. The van der Waals surface area contributed by atoms with Crippen molar-refractivity contribution in [3.05, 3.63) is 53.9 Å². The molecule has 0 amide bonds. The topological polar surface area (TPSA) is 28.2 Å². The third-order valence-corrected chi connectivity index (χ3v) is 4.15. The fraction of sp³-hybridized carbons (Fsp3) is 0.389. The van der Waals surface area contributed by atoms with E-state index in [-0.39, 0.29) is 0 Å². The normalized spacial score (nSPS) is 15.0. The molecule has 1 saturated heterocycles. The number of hydrogen-bond acceptors (Lipinski definition) is 3. The lowest BCUT2D eigenvalue weighted by Crippen LogP contribution is -2.29. The van der Waals surface area contributed by atoms with Gasteiger partial charge < -0.3 is 10.2 Å². The predicted octanol–water partition coefficient (Wildman–Crippen LogP) is 3.99. The van der Waals surface area contributed by atoms with E-state index in [1.807, 2.05) is 19.2 Å². The van der Waals surface area contributed by atoms with E-state index in [1.54, 1.807) is 0 Å². The molecule has 3 heteroatoms. The number of anilines is 2. The number of nitrogens with one attached hydrogen (secondary N) is 1. The molecule has 0 spiro atoms. The zero-order valence-electron chi connectivity index (χ0n) is 12.7. The second kappa shape index (κ2) is 6.61. The summed E-state index contributed by atoms with van der Waals surface area (Å²) in [6.45, 7) is 5.27. The van der Waals surface area contributed by atoms with Crippen molar-refractivity contribution >= 4 is 11.4 Å². The molecule has 1 aromatic heterocycles. The van der Waals surface area contributed by atoms with E-state index in [0.29, 0.717) is 0 Å². The van der Waals surface area contributed by atoms with E-state index in [9.17, 15) is 0 Å². The molecule has 1 aromatic carbocycles. The molecule has 1 aliphatic rings. The van der Waals surface area contributed by atoms with Gasteiger partial charge in [0.25, 0.3) is 0 Å². The Hall–Kier alpha value is -2.03. The maximum absolute atomic E-state index is 4.30. The van der Waals surface area contributed by atoms with Crippen molar-refractivity contribution in [2.45, 2.75) is 32.7 Å². The van der Waals surface area contributed by atoms with Gasteiger partial charge in [-0.05, 0) is 56.0 Å². The van der Waals surface area contributed by atoms with E-state index in [4.69, 9.17) is 0 Å². The summed E-state index contributed by atoms with van der Waals surface area (Å²) >= 11 is 0. The van der Waals surface area contributed by atoms with Gasteiger partial charge in [-0.15, -0.1) is 0 Å². The molecule has 1 N–H and O–H groups in total. The van der Waals surface area contributed by atoms with Gasteiger partial charge in [0.05, 0.1) is 11.4 Å². The number of pyridine rings is 1. The molecule has 0 atom stereocenters. The van der Waals surface area contributed by atoms with Gasteiger partial charge in [-0.3, -0.25) is 4.98 Å². The average molecular weight is 281 g/mol. The fourth-order valence-electron chi connectivity index (χ4n) is 2.85. The number of piperidine rings is 1. The predicted molar refractivity (Wildman–Crippen MR) is 88.8 cm³/mol. The van der Waals surface area contributed by atoms with Crippen LogP contribution >= 0.6 is 0 Å². The van der Waals surface area contributed by atoms with E-state index in [1.165, 1.54) is 43.6 Å². The first-order valence-corrected chi connectivity index (χ1v) is 7.82. The molecular formula is C18H23N3. The van der Waals surface area contributed by atoms with Crippen LogP contribution < -0.4 is 10.2 Å². The van der Waals surface area contributed by atoms with Gasteiger partial charge in [0, 0.05) is 31.5 Å². The molecule has 2 aromatic rings. The largest absolute Gasteiger partial charge is 0.380 e. The second-order valence-electron chi connectivity index (χ2n) is 5.70. The molecule has 110 valence electrons. The molecule has 21 heavy (non-hydrogen) atoms. The third-order valence-electron chi connectivity index (χ3n) is 4.15. The maximum Gasteiger partial charge on any atom is 0.0603 e. The number of aromatic nitrogens is 1. The SMILES string of the molecule is Cc1ncccc1NCc1ccc(N2CCCCC2)cc1. The molecule has 0 aliphatic carbocycles. The highest BCUT2D eigenvalue weighted by Crippen LogP contribution is 2.20. The minimum Gasteiger partial charge on any atom is -0.380 e. The number of benzene rings is 1. The lowest BCUT2D eigenvalue weighted by atomic mass is 10.1. The molecule has 0 radical (unpaired) electrons. The van der Waals surface area contributed by atoms with Crippen molar-refractivity contribution in [1.29, 1.82) is 0 Å². The zero-order chi connectivity index (χ0) is 14.5.